The van der Waals surface area contributed by atoms with Crippen LogP contribution in [0.2, 0.25) is 5.02 Å². The zero-order valence-corrected chi connectivity index (χ0v) is 15.1. The van der Waals surface area contributed by atoms with E-state index < -0.39 is 11.7 Å². The third-order valence-electron chi connectivity index (χ3n) is 3.59. The Labute approximate surface area is 156 Å². The molecule has 0 aromatic heterocycles. The fourth-order valence-electron chi connectivity index (χ4n) is 2.25. The number of carbonyl (C=O) groups excluding carboxylic acids is 2. The number of hydrogen-bond acceptors (Lipinski definition) is 3. The molecule has 0 unspecified atom stereocenters. The van der Waals surface area contributed by atoms with Crippen LogP contribution in [0.3, 0.4) is 0 Å². The molecule has 0 heterocycles. The smallest absolute Gasteiger partial charge is 0.242 e. The van der Waals surface area contributed by atoms with Gasteiger partial charge in [0.25, 0.3) is 0 Å². The minimum absolute atomic E-state index is 0.147. The molecule has 0 saturated heterocycles. The highest BCUT2D eigenvalue weighted by Crippen LogP contribution is 2.21. The zero-order valence-electron chi connectivity index (χ0n) is 14.4. The van der Waals surface area contributed by atoms with Crippen LogP contribution in [0.25, 0.3) is 0 Å². The molecule has 0 aliphatic heterocycles. The molecule has 2 aromatic carbocycles. The van der Waals surface area contributed by atoms with Crippen LogP contribution >= 0.6 is 11.6 Å². The number of hydrogen-bond donors (Lipinski definition) is 2. The minimum Gasteiger partial charge on any atom is -0.493 e. The van der Waals surface area contributed by atoms with Crippen molar-refractivity contribution in [2.24, 2.45) is 0 Å². The molecule has 2 amide bonds. The van der Waals surface area contributed by atoms with Crippen molar-refractivity contribution < 1.29 is 18.7 Å². The van der Waals surface area contributed by atoms with Crippen molar-refractivity contribution in [3.05, 3.63) is 64.4 Å². The maximum absolute atomic E-state index is 13.5. The highest BCUT2D eigenvalue weighted by atomic mass is 35.5. The molecule has 2 N–H and O–H groups in total. The number of carbonyl (C=O) groups is 2. The first-order chi connectivity index (χ1) is 12.5. The van der Waals surface area contributed by atoms with Crippen LogP contribution in [0.4, 0.5) is 4.39 Å². The van der Waals surface area contributed by atoms with Crippen molar-refractivity contribution in [3.63, 3.8) is 0 Å². The second-order valence-electron chi connectivity index (χ2n) is 5.73. The fourth-order valence-corrected chi connectivity index (χ4v) is 2.48. The Balaban J connectivity index is 1.64. The number of halogens is 2. The Morgan fingerprint density at radius 2 is 1.85 bits per heavy atom. The van der Waals surface area contributed by atoms with Crippen molar-refractivity contribution >= 4 is 23.4 Å². The third-order valence-corrected chi connectivity index (χ3v) is 3.83. The average Bonchev–Trinajstić information content (AvgIpc) is 2.60. The van der Waals surface area contributed by atoms with Crippen LogP contribution in [0, 0.1) is 12.7 Å². The lowest BCUT2D eigenvalue weighted by atomic mass is 10.1. The van der Waals surface area contributed by atoms with Gasteiger partial charge in [-0.05, 0) is 48.7 Å². The SMILES string of the molecule is Cc1cc(Cl)ccc1OCCCC(=O)NNC(=O)Cc1ccccc1F. The predicted octanol–water partition coefficient (Wildman–Crippen LogP) is 3.34. The summed E-state index contributed by atoms with van der Waals surface area (Å²) in [5.74, 6) is -0.573. The van der Waals surface area contributed by atoms with Crippen molar-refractivity contribution in [2.45, 2.75) is 26.2 Å². The average molecular weight is 379 g/mol. The molecule has 7 heteroatoms. The van der Waals surface area contributed by atoms with Gasteiger partial charge in [-0.2, -0.15) is 0 Å². The summed E-state index contributed by atoms with van der Waals surface area (Å²) >= 11 is 5.88. The molecule has 0 aliphatic carbocycles. The van der Waals surface area contributed by atoms with Crippen molar-refractivity contribution in [3.8, 4) is 5.75 Å². The molecular formula is C19H20ClFN2O3. The summed E-state index contributed by atoms with van der Waals surface area (Å²) in [4.78, 5) is 23.4. The summed E-state index contributed by atoms with van der Waals surface area (Å²) in [5, 5.41) is 0.639. The highest BCUT2D eigenvalue weighted by molar-refractivity contribution is 6.30. The predicted molar refractivity (Wildman–Crippen MR) is 97.3 cm³/mol. The molecule has 2 rings (SSSR count). The monoisotopic (exact) mass is 378 g/mol. The van der Waals surface area contributed by atoms with Crippen LogP contribution in [-0.2, 0) is 16.0 Å². The number of ether oxygens (including phenoxy) is 1. The van der Waals surface area contributed by atoms with Crippen LogP contribution in [-0.4, -0.2) is 18.4 Å². The third kappa shape index (κ3) is 6.37. The first kappa shape index (κ1) is 19.7. The van der Waals surface area contributed by atoms with Gasteiger partial charge in [0, 0.05) is 11.4 Å². The summed E-state index contributed by atoms with van der Waals surface area (Å²) in [6.45, 7) is 2.25. The molecule has 0 aliphatic rings. The molecule has 2 aromatic rings. The second-order valence-corrected chi connectivity index (χ2v) is 6.16. The van der Waals surface area contributed by atoms with Gasteiger partial charge in [0.05, 0.1) is 13.0 Å². The van der Waals surface area contributed by atoms with Gasteiger partial charge in [-0.25, -0.2) is 4.39 Å². The van der Waals surface area contributed by atoms with Gasteiger partial charge in [-0.1, -0.05) is 29.8 Å². The first-order valence-corrected chi connectivity index (χ1v) is 8.53. The maximum atomic E-state index is 13.5. The summed E-state index contributed by atoms with van der Waals surface area (Å²) in [5.41, 5.74) is 5.77. The van der Waals surface area contributed by atoms with Crippen molar-refractivity contribution in [1.82, 2.24) is 10.9 Å². The quantitative estimate of drug-likeness (QED) is 0.573. The second kappa shape index (κ2) is 9.77. The molecule has 138 valence electrons. The van der Waals surface area contributed by atoms with Gasteiger partial charge >= 0.3 is 0 Å². The first-order valence-electron chi connectivity index (χ1n) is 8.16. The highest BCUT2D eigenvalue weighted by Gasteiger charge is 2.09. The number of aryl methyl sites for hydroxylation is 1. The van der Waals surface area contributed by atoms with E-state index in [4.69, 9.17) is 16.3 Å². The number of hydrazine groups is 1. The molecular weight excluding hydrogens is 359 g/mol. The number of benzene rings is 2. The number of amides is 2. The summed E-state index contributed by atoms with van der Waals surface area (Å²) in [6, 6.07) is 11.3. The van der Waals surface area contributed by atoms with E-state index in [1.807, 2.05) is 6.92 Å². The van der Waals surface area contributed by atoms with Crippen LogP contribution in [0.15, 0.2) is 42.5 Å². The lowest BCUT2D eigenvalue weighted by Crippen LogP contribution is -2.42. The van der Waals surface area contributed by atoms with Gasteiger partial charge < -0.3 is 4.74 Å². The molecule has 0 radical (unpaired) electrons. The van der Waals surface area contributed by atoms with E-state index in [9.17, 15) is 14.0 Å². The van der Waals surface area contributed by atoms with E-state index in [-0.39, 0.29) is 24.3 Å². The van der Waals surface area contributed by atoms with Crippen LogP contribution in [0.5, 0.6) is 5.75 Å². The Hall–Kier alpha value is -2.60. The van der Waals surface area contributed by atoms with Gasteiger partial charge in [0.15, 0.2) is 0 Å². The molecule has 0 bridgehead atoms. The Morgan fingerprint density at radius 3 is 2.58 bits per heavy atom. The maximum Gasteiger partial charge on any atom is 0.242 e. The standard InChI is InChI=1S/C19H20ClFN2O3/c1-13-11-15(20)8-9-17(13)26-10-4-7-18(24)22-23-19(25)12-14-5-2-3-6-16(14)21/h2-3,5-6,8-9,11H,4,7,10,12H2,1H3,(H,22,24)(H,23,25). The lowest BCUT2D eigenvalue weighted by Gasteiger charge is -2.10. The van der Waals surface area contributed by atoms with E-state index in [0.29, 0.717) is 23.8 Å². The van der Waals surface area contributed by atoms with E-state index in [1.54, 1.807) is 30.3 Å². The normalized spacial score (nSPS) is 10.3. The molecule has 0 atom stereocenters. The number of rotatable bonds is 7. The van der Waals surface area contributed by atoms with Gasteiger partial charge in [0.2, 0.25) is 11.8 Å². The Morgan fingerprint density at radius 1 is 1.12 bits per heavy atom. The number of nitrogens with one attached hydrogen (secondary N) is 2. The Kier molecular flexibility index (Phi) is 7.41. The van der Waals surface area contributed by atoms with Crippen LogP contribution < -0.4 is 15.6 Å². The van der Waals surface area contributed by atoms with E-state index in [0.717, 1.165) is 5.56 Å². The molecule has 5 nitrogen and oxygen atoms in total. The Bertz CT molecular complexity index is 783. The zero-order chi connectivity index (χ0) is 18.9. The van der Waals surface area contributed by atoms with Gasteiger partial charge in [0.1, 0.15) is 11.6 Å². The van der Waals surface area contributed by atoms with E-state index in [1.165, 1.54) is 12.1 Å². The largest absolute Gasteiger partial charge is 0.493 e. The molecule has 0 saturated carbocycles. The lowest BCUT2D eigenvalue weighted by molar-refractivity contribution is -0.128. The van der Waals surface area contributed by atoms with E-state index >= 15 is 0 Å². The van der Waals surface area contributed by atoms with Gasteiger partial charge in [-0.15, -0.1) is 0 Å². The van der Waals surface area contributed by atoms with E-state index in [2.05, 4.69) is 10.9 Å². The summed E-state index contributed by atoms with van der Waals surface area (Å²) < 4.78 is 19.0. The topological polar surface area (TPSA) is 67.4 Å². The van der Waals surface area contributed by atoms with Crippen molar-refractivity contribution in [1.29, 1.82) is 0 Å². The van der Waals surface area contributed by atoms with Gasteiger partial charge in [-0.3, -0.25) is 20.4 Å². The molecule has 0 spiro atoms. The van der Waals surface area contributed by atoms with Crippen LogP contribution in [0.1, 0.15) is 24.0 Å². The van der Waals surface area contributed by atoms with Crippen molar-refractivity contribution in [2.75, 3.05) is 6.61 Å². The minimum atomic E-state index is -0.489. The summed E-state index contributed by atoms with van der Waals surface area (Å²) in [6.07, 6.45) is 0.523. The molecule has 26 heavy (non-hydrogen) atoms. The fraction of sp³-hybridized carbons (Fsp3) is 0.263. The summed E-state index contributed by atoms with van der Waals surface area (Å²) in [7, 11) is 0. The molecule has 0 fully saturated rings.